The van der Waals surface area contributed by atoms with E-state index in [1.54, 1.807) is 24.5 Å². The lowest BCUT2D eigenvalue weighted by molar-refractivity contribution is 0.101. The zero-order chi connectivity index (χ0) is 12.3. The van der Waals surface area contributed by atoms with Crippen LogP contribution in [-0.2, 0) is 0 Å². The summed E-state index contributed by atoms with van der Waals surface area (Å²) in [6.45, 7) is 1.45. The average molecular weight is 249 g/mol. The van der Waals surface area contributed by atoms with Crippen LogP contribution in [0.1, 0.15) is 17.3 Å². The zero-order valence-corrected chi connectivity index (χ0v) is 9.81. The first kappa shape index (κ1) is 11.5. The summed E-state index contributed by atoms with van der Waals surface area (Å²) < 4.78 is 5.43. The first-order valence-electron chi connectivity index (χ1n) is 4.91. The van der Waals surface area contributed by atoms with Gasteiger partial charge in [-0.25, -0.2) is 4.98 Å². The molecule has 0 amide bonds. The van der Waals surface area contributed by atoms with E-state index in [0.29, 0.717) is 16.3 Å². The number of halogens is 1. The molecular weight excluding hydrogens is 240 g/mol. The van der Waals surface area contributed by atoms with Crippen molar-refractivity contribution in [1.82, 2.24) is 9.97 Å². The first-order chi connectivity index (χ1) is 8.16. The van der Waals surface area contributed by atoms with Crippen LogP contribution in [0.25, 0.3) is 0 Å². The topological polar surface area (TPSA) is 52.1 Å². The number of nitrogens with zero attached hydrogens (tertiary/aromatic N) is 2. The van der Waals surface area contributed by atoms with Gasteiger partial charge < -0.3 is 4.74 Å². The van der Waals surface area contributed by atoms with Crippen LogP contribution in [0.5, 0.6) is 11.6 Å². The van der Waals surface area contributed by atoms with Crippen molar-refractivity contribution in [3.8, 4) is 11.6 Å². The molecule has 2 rings (SSSR count). The molecule has 2 aromatic rings. The van der Waals surface area contributed by atoms with Gasteiger partial charge in [-0.2, -0.15) is 0 Å². The Balaban J connectivity index is 2.26. The molecule has 0 unspecified atom stereocenters. The quantitative estimate of drug-likeness (QED) is 0.783. The second-order valence-corrected chi connectivity index (χ2v) is 3.77. The Morgan fingerprint density at radius 1 is 1.41 bits per heavy atom. The summed E-state index contributed by atoms with van der Waals surface area (Å²) in [5, 5.41) is 0.293. The van der Waals surface area contributed by atoms with Crippen LogP contribution in [0, 0.1) is 0 Å². The van der Waals surface area contributed by atoms with Gasteiger partial charge >= 0.3 is 0 Å². The summed E-state index contributed by atoms with van der Waals surface area (Å²) >= 11 is 5.96. The fourth-order valence-corrected chi connectivity index (χ4v) is 1.42. The molecule has 0 fully saturated rings. The number of hydrogen-bond acceptors (Lipinski definition) is 4. The lowest BCUT2D eigenvalue weighted by Crippen LogP contribution is -1.96. The van der Waals surface area contributed by atoms with Crippen molar-refractivity contribution in [2.24, 2.45) is 0 Å². The predicted molar refractivity (Wildman–Crippen MR) is 63.6 cm³/mol. The maximum Gasteiger partial charge on any atom is 0.238 e. The Morgan fingerprint density at radius 2 is 2.24 bits per heavy atom. The second kappa shape index (κ2) is 4.93. The molecular formula is C12H9ClN2O2. The molecule has 0 aromatic carbocycles. The van der Waals surface area contributed by atoms with Crippen molar-refractivity contribution in [2.45, 2.75) is 6.92 Å². The van der Waals surface area contributed by atoms with Crippen molar-refractivity contribution in [2.75, 3.05) is 0 Å². The summed E-state index contributed by atoms with van der Waals surface area (Å²) in [6, 6.07) is 5.01. The van der Waals surface area contributed by atoms with Gasteiger partial charge in [0, 0.05) is 18.0 Å². The van der Waals surface area contributed by atoms with Crippen molar-refractivity contribution < 1.29 is 9.53 Å². The Hall–Kier alpha value is -1.94. The molecule has 0 spiro atoms. The fraction of sp³-hybridized carbons (Fsp3) is 0.0833. The summed E-state index contributed by atoms with van der Waals surface area (Å²) in [6.07, 6.45) is 4.62. The monoisotopic (exact) mass is 248 g/mol. The third-order valence-corrected chi connectivity index (χ3v) is 2.33. The minimum Gasteiger partial charge on any atom is -0.436 e. The third kappa shape index (κ3) is 2.79. The number of hydrogen-bond donors (Lipinski definition) is 0. The molecule has 17 heavy (non-hydrogen) atoms. The first-order valence-corrected chi connectivity index (χ1v) is 5.29. The van der Waals surface area contributed by atoms with E-state index in [9.17, 15) is 4.79 Å². The number of pyridine rings is 2. The molecule has 2 aromatic heterocycles. The minimum atomic E-state index is -0.0904. The van der Waals surface area contributed by atoms with Crippen LogP contribution in [0.15, 0.2) is 36.8 Å². The second-order valence-electron chi connectivity index (χ2n) is 3.36. The van der Waals surface area contributed by atoms with Crippen molar-refractivity contribution in [1.29, 1.82) is 0 Å². The van der Waals surface area contributed by atoms with E-state index in [4.69, 9.17) is 16.3 Å². The van der Waals surface area contributed by atoms with Gasteiger partial charge in [-0.1, -0.05) is 11.6 Å². The molecule has 0 aliphatic carbocycles. The number of Topliss-reactive ketones (excluding diaryl/α,β-unsaturated/α-hetero) is 1. The van der Waals surface area contributed by atoms with E-state index in [1.807, 2.05) is 0 Å². The Kier molecular flexibility index (Phi) is 3.35. The lowest BCUT2D eigenvalue weighted by Gasteiger charge is -2.06. The van der Waals surface area contributed by atoms with Gasteiger partial charge in [0.25, 0.3) is 0 Å². The number of carbonyl (C=O) groups is 1. The van der Waals surface area contributed by atoms with Crippen LogP contribution in [0.4, 0.5) is 0 Å². The highest BCUT2D eigenvalue weighted by Gasteiger charge is 2.08. The molecule has 0 N–H and O–H groups in total. The van der Waals surface area contributed by atoms with Crippen molar-refractivity contribution in [3.63, 3.8) is 0 Å². The number of ketones is 1. The number of rotatable bonds is 3. The normalized spacial score (nSPS) is 10.0. The molecule has 5 heteroatoms. The smallest absolute Gasteiger partial charge is 0.238 e. The van der Waals surface area contributed by atoms with E-state index in [2.05, 4.69) is 9.97 Å². The van der Waals surface area contributed by atoms with Gasteiger partial charge in [0.15, 0.2) is 5.78 Å². The summed E-state index contributed by atoms with van der Waals surface area (Å²) in [5.41, 5.74) is 0.452. The molecule has 4 nitrogen and oxygen atoms in total. The Morgan fingerprint density at radius 3 is 2.82 bits per heavy atom. The number of aromatic nitrogens is 2. The molecule has 0 radical (unpaired) electrons. The van der Waals surface area contributed by atoms with Gasteiger partial charge in [0.05, 0.1) is 6.20 Å². The molecule has 0 saturated carbocycles. The lowest BCUT2D eigenvalue weighted by atomic mass is 10.2. The standard InChI is InChI=1S/C12H9ClN2O2/c1-8(16)9-5-11(13)12(15-6-9)17-10-3-2-4-14-7-10/h2-7H,1H3. The average Bonchev–Trinajstić information content (AvgIpc) is 2.33. The van der Waals surface area contributed by atoms with Crippen LogP contribution in [-0.4, -0.2) is 15.8 Å². The molecule has 2 heterocycles. The van der Waals surface area contributed by atoms with E-state index >= 15 is 0 Å². The SMILES string of the molecule is CC(=O)c1cnc(Oc2cccnc2)c(Cl)c1. The van der Waals surface area contributed by atoms with Crippen molar-refractivity contribution >= 4 is 17.4 Å². The summed E-state index contributed by atoms with van der Waals surface area (Å²) in [5.74, 6) is 0.703. The molecule has 0 bridgehead atoms. The van der Waals surface area contributed by atoms with Crippen LogP contribution in [0.2, 0.25) is 5.02 Å². The summed E-state index contributed by atoms with van der Waals surface area (Å²) in [4.78, 5) is 19.0. The largest absolute Gasteiger partial charge is 0.436 e. The van der Waals surface area contributed by atoms with Gasteiger partial charge in [0.1, 0.15) is 10.8 Å². The number of ether oxygens (including phenoxy) is 1. The highest BCUT2D eigenvalue weighted by molar-refractivity contribution is 6.32. The van der Waals surface area contributed by atoms with Crippen LogP contribution >= 0.6 is 11.6 Å². The fourth-order valence-electron chi connectivity index (χ4n) is 1.21. The summed E-state index contributed by atoms with van der Waals surface area (Å²) in [7, 11) is 0. The van der Waals surface area contributed by atoms with E-state index in [-0.39, 0.29) is 11.7 Å². The van der Waals surface area contributed by atoms with E-state index < -0.39 is 0 Å². The third-order valence-electron chi connectivity index (χ3n) is 2.06. The van der Waals surface area contributed by atoms with Crippen LogP contribution < -0.4 is 4.74 Å². The van der Waals surface area contributed by atoms with E-state index in [1.165, 1.54) is 19.2 Å². The van der Waals surface area contributed by atoms with Gasteiger partial charge in [-0.15, -0.1) is 0 Å². The number of carbonyl (C=O) groups excluding carboxylic acids is 1. The Bertz CT molecular complexity index is 543. The van der Waals surface area contributed by atoms with Crippen LogP contribution in [0.3, 0.4) is 0 Å². The molecule has 0 saturated heterocycles. The van der Waals surface area contributed by atoms with Gasteiger partial charge in [-0.05, 0) is 25.1 Å². The Labute approximate surface area is 103 Å². The highest BCUT2D eigenvalue weighted by atomic mass is 35.5. The molecule has 86 valence electrons. The molecule has 0 atom stereocenters. The maximum absolute atomic E-state index is 11.1. The van der Waals surface area contributed by atoms with Gasteiger partial charge in [-0.3, -0.25) is 9.78 Å². The highest BCUT2D eigenvalue weighted by Crippen LogP contribution is 2.27. The predicted octanol–water partition coefficient (Wildman–Crippen LogP) is 3.12. The van der Waals surface area contributed by atoms with Gasteiger partial charge in [0.2, 0.25) is 5.88 Å². The maximum atomic E-state index is 11.1. The molecule has 0 aliphatic rings. The van der Waals surface area contributed by atoms with E-state index in [0.717, 1.165) is 0 Å². The molecule has 0 aliphatic heterocycles. The minimum absolute atomic E-state index is 0.0904. The van der Waals surface area contributed by atoms with Crippen molar-refractivity contribution in [3.05, 3.63) is 47.4 Å². The zero-order valence-electron chi connectivity index (χ0n) is 9.05.